The van der Waals surface area contributed by atoms with Gasteiger partial charge in [0.15, 0.2) is 0 Å². The van der Waals surface area contributed by atoms with Crippen molar-refractivity contribution in [2.45, 2.75) is 13.5 Å². The summed E-state index contributed by atoms with van der Waals surface area (Å²) >= 11 is 0. The van der Waals surface area contributed by atoms with Crippen molar-refractivity contribution >= 4 is 6.03 Å². The van der Waals surface area contributed by atoms with Gasteiger partial charge in [0, 0.05) is 39.3 Å². The quantitative estimate of drug-likeness (QED) is 0.865. The first kappa shape index (κ1) is 16.1. The number of hydrogen-bond donors (Lipinski definition) is 1. The van der Waals surface area contributed by atoms with Crippen LogP contribution in [0.3, 0.4) is 0 Å². The van der Waals surface area contributed by atoms with Crippen molar-refractivity contribution in [3.05, 3.63) is 47.5 Å². The molecule has 0 radical (unpaired) electrons. The van der Waals surface area contributed by atoms with Crippen LogP contribution in [0.1, 0.15) is 18.1 Å². The number of hydrogen-bond acceptors (Lipinski definition) is 3. The lowest BCUT2D eigenvalue weighted by molar-refractivity contribution is 0.136. The maximum Gasteiger partial charge on any atom is 0.317 e. The van der Waals surface area contributed by atoms with E-state index in [1.54, 1.807) is 0 Å². The third-order valence-electron chi connectivity index (χ3n) is 3.69. The maximum atomic E-state index is 12.0. The number of carbonyl (C=O) groups excluding carboxylic acids is 1. The Bertz CT molecular complexity index is 565. The Labute approximate surface area is 131 Å². The summed E-state index contributed by atoms with van der Waals surface area (Å²) in [6.45, 7) is 10.3. The van der Waals surface area contributed by atoms with Crippen LogP contribution in [-0.4, -0.2) is 48.6 Å². The van der Waals surface area contributed by atoms with E-state index in [4.69, 9.17) is 5.26 Å². The third-order valence-corrected chi connectivity index (χ3v) is 3.69. The standard InChI is InChI=1S/C17H22N4O/c1-14(2)12-19-17(22)21-9-7-20(8-10-21)13-16-5-3-15(11-18)4-6-16/h3-6H,1,7-10,12-13H2,2H3,(H,19,22). The van der Waals surface area contributed by atoms with Gasteiger partial charge in [-0.15, -0.1) is 0 Å². The second-order valence-corrected chi connectivity index (χ2v) is 5.69. The summed E-state index contributed by atoms with van der Waals surface area (Å²) in [5, 5.41) is 11.7. The van der Waals surface area contributed by atoms with Gasteiger partial charge in [0.2, 0.25) is 0 Å². The highest BCUT2D eigenvalue weighted by Crippen LogP contribution is 2.10. The first-order valence-electron chi connectivity index (χ1n) is 7.47. The molecule has 0 aliphatic carbocycles. The largest absolute Gasteiger partial charge is 0.334 e. The van der Waals surface area contributed by atoms with Crippen LogP contribution in [0.15, 0.2) is 36.4 Å². The molecule has 0 bridgehead atoms. The summed E-state index contributed by atoms with van der Waals surface area (Å²) in [4.78, 5) is 16.1. The summed E-state index contributed by atoms with van der Waals surface area (Å²) in [6.07, 6.45) is 0. The SMILES string of the molecule is C=C(C)CNC(=O)N1CCN(Cc2ccc(C#N)cc2)CC1. The fourth-order valence-electron chi connectivity index (χ4n) is 2.39. The van der Waals surface area contributed by atoms with Gasteiger partial charge in [-0.05, 0) is 24.6 Å². The predicted molar refractivity (Wildman–Crippen MR) is 86.2 cm³/mol. The van der Waals surface area contributed by atoms with Gasteiger partial charge in [0.1, 0.15) is 0 Å². The molecule has 1 heterocycles. The van der Waals surface area contributed by atoms with Crippen LogP contribution in [0.25, 0.3) is 0 Å². The van der Waals surface area contributed by atoms with E-state index in [9.17, 15) is 4.79 Å². The molecule has 5 nitrogen and oxygen atoms in total. The minimum atomic E-state index is -0.0129. The molecule has 0 atom stereocenters. The Hall–Kier alpha value is -2.32. The van der Waals surface area contributed by atoms with Crippen molar-refractivity contribution < 1.29 is 4.79 Å². The van der Waals surface area contributed by atoms with E-state index in [2.05, 4.69) is 22.9 Å². The fourth-order valence-corrected chi connectivity index (χ4v) is 2.39. The van der Waals surface area contributed by atoms with Gasteiger partial charge < -0.3 is 10.2 Å². The number of amides is 2. The molecule has 2 rings (SSSR count). The van der Waals surface area contributed by atoms with Crippen LogP contribution in [0.2, 0.25) is 0 Å². The highest BCUT2D eigenvalue weighted by Gasteiger charge is 2.20. The van der Waals surface area contributed by atoms with E-state index >= 15 is 0 Å². The molecule has 0 saturated carbocycles. The zero-order valence-electron chi connectivity index (χ0n) is 13.0. The minimum Gasteiger partial charge on any atom is -0.334 e. The fraction of sp³-hybridized carbons (Fsp3) is 0.412. The van der Waals surface area contributed by atoms with E-state index in [1.807, 2.05) is 36.1 Å². The van der Waals surface area contributed by atoms with Crippen LogP contribution in [0, 0.1) is 11.3 Å². The molecule has 116 valence electrons. The summed E-state index contributed by atoms with van der Waals surface area (Å²) in [6, 6.07) is 9.78. The summed E-state index contributed by atoms with van der Waals surface area (Å²) in [5.74, 6) is 0. The molecule has 2 amide bonds. The monoisotopic (exact) mass is 298 g/mol. The van der Waals surface area contributed by atoms with Crippen molar-refractivity contribution in [1.82, 2.24) is 15.1 Å². The number of carbonyl (C=O) groups is 1. The molecule has 1 aliphatic rings. The number of urea groups is 1. The zero-order chi connectivity index (χ0) is 15.9. The molecule has 0 unspecified atom stereocenters. The molecule has 1 aromatic carbocycles. The van der Waals surface area contributed by atoms with Gasteiger partial charge in [-0.1, -0.05) is 24.3 Å². The molecule has 22 heavy (non-hydrogen) atoms. The molecule has 1 saturated heterocycles. The lowest BCUT2D eigenvalue weighted by atomic mass is 10.1. The second-order valence-electron chi connectivity index (χ2n) is 5.69. The van der Waals surface area contributed by atoms with Crippen LogP contribution in [0.5, 0.6) is 0 Å². The summed E-state index contributed by atoms with van der Waals surface area (Å²) < 4.78 is 0. The van der Waals surface area contributed by atoms with Gasteiger partial charge in [0.25, 0.3) is 0 Å². The van der Waals surface area contributed by atoms with E-state index in [0.29, 0.717) is 12.1 Å². The molecule has 1 aliphatic heterocycles. The summed E-state index contributed by atoms with van der Waals surface area (Å²) in [5.41, 5.74) is 2.83. The smallest absolute Gasteiger partial charge is 0.317 e. The van der Waals surface area contributed by atoms with Gasteiger partial charge in [-0.2, -0.15) is 5.26 Å². The molecule has 1 aromatic rings. The minimum absolute atomic E-state index is 0.0129. The Morgan fingerprint density at radius 1 is 1.27 bits per heavy atom. The van der Waals surface area contributed by atoms with Crippen LogP contribution in [-0.2, 0) is 6.54 Å². The Kier molecular flexibility index (Phi) is 5.56. The van der Waals surface area contributed by atoms with Crippen molar-refractivity contribution in [1.29, 1.82) is 5.26 Å². The Morgan fingerprint density at radius 2 is 1.91 bits per heavy atom. The first-order valence-corrected chi connectivity index (χ1v) is 7.47. The van der Waals surface area contributed by atoms with Crippen LogP contribution >= 0.6 is 0 Å². The molecular formula is C17H22N4O. The van der Waals surface area contributed by atoms with Crippen molar-refractivity contribution in [2.75, 3.05) is 32.7 Å². The molecule has 0 spiro atoms. The zero-order valence-corrected chi connectivity index (χ0v) is 13.0. The lowest BCUT2D eigenvalue weighted by Crippen LogP contribution is -2.51. The third kappa shape index (κ3) is 4.61. The lowest BCUT2D eigenvalue weighted by Gasteiger charge is -2.34. The molecule has 5 heteroatoms. The molecular weight excluding hydrogens is 276 g/mol. The van der Waals surface area contributed by atoms with Crippen molar-refractivity contribution in [2.24, 2.45) is 0 Å². The van der Waals surface area contributed by atoms with Gasteiger partial charge in [-0.3, -0.25) is 4.90 Å². The second kappa shape index (κ2) is 7.62. The number of benzene rings is 1. The highest BCUT2D eigenvalue weighted by atomic mass is 16.2. The van der Waals surface area contributed by atoms with Crippen LogP contribution in [0.4, 0.5) is 4.79 Å². The van der Waals surface area contributed by atoms with E-state index < -0.39 is 0 Å². The van der Waals surface area contributed by atoms with Gasteiger partial charge >= 0.3 is 6.03 Å². The van der Waals surface area contributed by atoms with Crippen molar-refractivity contribution in [3.63, 3.8) is 0 Å². The Balaban J connectivity index is 1.78. The highest BCUT2D eigenvalue weighted by molar-refractivity contribution is 5.74. The topological polar surface area (TPSA) is 59.4 Å². The number of nitrogens with one attached hydrogen (secondary N) is 1. The van der Waals surface area contributed by atoms with E-state index in [1.165, 1.54) is 5.56 Å². The van der Waals surface area contributed by atoms with Gasteiger partial charge in [0.05, 0.1) is 11.6 Å². The molecule has 1 N–H and O–H groups in total. The summed E-state index contributed by atoms with van der Waals surface area (Å²) in [7, 11) is 0. The van der Waals surface area contributed by atoms with Crippen molar-refractivity contribution in [3.8, 4) is 6.07 Å². The number of rotatable bonds is 4. The predicted octanol–water partition coefficient (Wildman–Crippen LogP) is 1.96. The average molecular weight is 298 g/mol. The number of nitriles is 1. The van der Waals surface area contributed by atoms with Gasteiger partial charge in [-0.25, -0.2) is 4.79 Å². The normalized spacial score (nSPS) is 15.2. The number of piperazine rings is 1. The maximum absolute atomic E-state index is 12.0. The molecule has 1 fully saturated rings. The Morgan fingerprint density at radius 3 is 2.45 bits per heavy atom. The average Bonchev–Trinajstić information content (AvgIpc) is 2.54. The number of nitrogens with zero attached hydrogens (tertiary/aromatic N) is 3. The van der Waals surface area contributed by atoms with Crippen LogP contribution < -0.4 is 5.32 Å². The van der Waals surface area contributed by atoms with E-state index in [0.717, 1.165) is 38.3 Å². The van der Waals surface area contributed by atoms with E-state index in [-0.39, 0.29) is 6.03 Å². The first-order chi connectivity index (χ1) is 10.6. The molecule has 0 aromatic heterocycles.